The number of ether oxygens (including phenoxy) is 2. The van der Waals surface area contributed by atoms with Crippen LogP contribution in [0, 0.1) is 3.57 Å². The summed E-state index contributed by atoms with van der Waals surface area (Å²) in [5.74, 6) is -3.26. The molecule has 8 nitrogen and oxygen atoms in total. The molecule has 2 aliphatic rings. The lowest BCUT2D eigenvalue weighted by atomic mass is 10.1. The van der Waals surface area contributed by atoms with Crippen LogP contribution in [-0.2, 0) is 26.1 Å². The molecule has 4 rings (SSSR count). The number of benzene rings is 1. The second-order valence-corrected chi connectivity index (χ2v) is 9.55. The summed E-state index contributed by atoms with van der Waals surface area (Å²) < 4.78 is 13.3. The summed E-state index contributed by atoms with van der Waals surface area (Å²) in [7, 11) is 1.66. The van der Waals surface area contributed by atoms with Crippen LogP contribution in [0.15, 0.2) is 30.5 Å². The zero-order chi connectivity index (χ0) is 19.9. The van der Waals surface area contributed by atoms with E-state index in [1.54, 1.807) is 31.3 Å². The quantitative estimate of drug-likeness (QED) is 0.514. The number of carbonyl (C=O) groups is 3. The van der Waals surface area contributed by atoms with Crippen LogP contribution in [0.25, 0.3) is 11.3 Å². The van der Waals surface area contributed by atoms with E-state index in [4.69, 9.17) is 9.47 Å². The first kappa shape index (κ1) is 18.8. The van der Waals surface area contributed by atoms with Crippen LogP contribution in [0.4, 0.5) is 0 Å². The van der Waals surface area contributed by atoms with Gasteiger partial charge in [0, 0.05) is 35.2 Å². The van der Waals surface area contributed by atoms with Gasteiger partial charge in [0.25, 0.3) is 5.79 Å². The van der Waals surface area contributed by atoms with E-state index >= 15 is 0 Å². The first-order chi connectivity index (χ1) is 13.4. The summed E-state index contributed by atoms with van der Waals surface area (Å²) in [6.07, 6.45) is 4.30. The van der Waals surface area contributed by atoms with Gasteiger partial charge in [-0.25, -0.2) is 14.4 Å². The summed E-state index contributed by atoms with van der Waals surface area (Å²) in [6, 6.07) is 7.03. The molecule has 0 amide bonds. The Morgan fingerprint density at radius 1 is 1.14 bits per heavy atom. The maximum atomic E-state index is 12.4. The molecule has 1 aliphatic heterocycles. The molecule has 0 unspecified atom stereocenters. The third-order valence-corrected chi connectivity index (χ3v) is 7.42. The van der Waals surface area contributed by atoms with Gasteiger partial charge in [-0.15, -0.1) is 0 Å². The van der Waals surface area contributed by atoms with Gasteiger partial charge in [0.15, 0.2) is 3.51 Å². The Bertz CT molecular complexity index is 980. The molecule has 1 aromatic carbocycles. The topological polar surface area (TPSA) is 108 Å². The molecule has 1 spiro atoms. The predicted molar refractivity (Wildman–Crippen MR) is 107 cm³/mol. The van der Waals surface area contributed by atoms with Gasteiger partial charge in [0.1, 0.15) is 11.3 Å². The highest BCUT2D eigenvalue weighted by atomic mass is 127. The lowest BCUT2D eigenvalue weighted by molar-refractivity contribution is -0.224. The van der Waals surface area contributed by atoms with Crippen molar-refractivity contribution >= 4 is 42.1 Å². The number of esters is 2. The number of carboxylic acids is 1. The molecule has 1 saturated carbocycles. The number of nitrogens with zero attached hydrogens (tertiary/aromatic N) is 2. The molecule has 0 atom stereocenters. The molecular formula is C19H17IN2O6. The largest absolute Gasteiger partial charge is 0.478 e. The SMILES string of the molecule is Cn1cc(C(=O)O)c(-c2ccc(I=C3C(=O)OC4(CCCC4)OC3=O)cc2)n1. The van der Waals surface area contributed by atoms with Crippen LogP contribution < -0.4 is 0 Å². The van der Waals surface area contributed by atoms with E-state index in [0.29, 0.717) is 24.1 Å². The Hall–Kier alpha value is -2.56. The number of rotatable bonds is 3. The van der Waals surface area contributed by atoms with Gasteiger partial charge in [0.2, 0.25) is 0 Å². The van der Waals surface area contributed by atoms with Gasteiger partial charge in [-0.3, -0.25) is 4.68 Å². The van der Waals surface area contributed by atoms with E-state index in [2.05, 4.69) is 5.10 Å². The third kappa shape index (κ3) is 3.46. The Labute approximate surface area is 170 Å². The van der Waals surface area contributed by atoms with E-state index in [-0.39, 0.29) is 9.07 Å². The average Bonchev–Trinajstić information content (AvgIpc) is 3.25. The molecule has 2 aromatic rings. The lowest BCUT2D eigenvalue weighted by Gasteiger charge is -2.32. The highest BCUT2D eigenvalue weighted by Crippen LogP contribution is 2.38. The van der Waals surface area contributed by atoms with Crippen molar-refractivity contribution in [2.75, 3.05) is 0 Å². The van der Waals surface area contributed by atoms with Crippen molar-refractivity contribution in [3.8, 4) is 11.3 Å². The van der Waals surface area contributed by atoms with Crippen molar-refractivity contribution < 1.29 is 29.0 Å². The maximum Gasteiger partial charge on any atom is 0.354 e. The van der Waals surface area contributed by atoms with E-state index < -0.39 is 44.4 Å². The second-order valence-electron chi connectivity index (χ2n) is 6.68. The van der Waals surface area contributed by atoms with Crippen molar-refractivity contribution in [2.45, 2.75) is 31.5 Å². The van der Waals surface area contributed by atoms with Crippen molar-refractivity contribution in [1.29, 1.82) is 0 Å². The smallest absolute Gasteiger partial charge is 0.354 e. The number of aryl methyl sites for hydroxylation is 1. The normalized spacial score (nSPS) is 18.2. The van der Waals surface area contributed by atoms with Crippen LogP contribution in [0.5, 0.6) is 0 Å². The van der Waals surface area contributed by atoms with Gasteiger partial charge in [0.05, 0.1) is 0 Å². The van der Waals surface area contributed by atoms with E-state index in [0.717, 1.165) is 16.4 Å². The maximum absolute atomic E-state index is 12.4. The first-order valence-electron chi connectivity index (χ1n) is 8.73. The first-order valence-corrected chi connectivity index (χ1v) is 10.9. The number of aromatic nitrogens is 2. The molecule has 0 bridgehead atoms. The minimum atomic E-state index is -1.08. The fourth-order valence-corrected chi connectivity index (χ4v) is 5.37. The minimum Gasteiger partial charge on any atom is -0.478 e. The van der Waals surface area contributed by atoms with Crippen LogP contribution >= 0.6 is 20.7 Å². The molecule has 1 aromatic heterocycles. The molecule has 2 fully saturated rings. The average molecular weight is 496 g/mol. The Morgan fingerprint density at radius 2 is 1.75 bits per heavy atom. The molecular weight excluding hydrogens is 479 g/mol. The second kappa shape index (κ2) is 7.12. The van der Waals surface area contributed by atoms with Gasteiger partial charge in [-0.2, -0.15) is 5.10 Å². The van der Waals surface area contributed by atoms with Crippen molar-refractivity contribution in [3.63, 3.8) is 0 Å². The van der Waals surface area contributed by atoms with E-state index in [1.807, 2.05) is 0 Å². The molecule has 28 heavy (non-hydrogen) atoms. The van der Waals surface area contributed by atoms with Gasteiger partial charge >= 0.3 is 17.9 Å². The molecule has 1 aliphatic carbocycles. The number of carbonyl (C=O) groups excluding carboxylic acids is 2. The fraction of sp³-hybridized carbons (Fsp3) is 0.316. The Balaban J connectivity index is 1.59. The fourth-order valence-electron chi connectivity index (χ4n) is 3.36. The zero-order valence-corrected chi connectivity index (χ0v) is 17.1. The highest BCUT2D eigenvalue weighted by Gasteiger charge is 2.48. The minimum absolute atomic E-state index is 0.0770. The van der Waals surface area contributed by atoms with Crippen LogP contribution in [0.1, 0.15) is 36.0 Å². The number of hydrogen-bond donors (Lipinski definition) is 1. The monoisotopic (exact) mass is 496 g/mol. The number of aromatic carboxylic acids is 1. The van der Waals surface area contributed by atoms with Gasteiger partial charge in [-0.1, -0.05) is 32.9 Å². The summed E-state index contributed by atoms with van der Waals surface area (Å²) in [4.78, 5) is 36.1. The molecule has 0 radical (unpaired) electrons. The lowest BCUT2D eigenvalue weighted by Crippen LogP contribution is -2.48. The molecule has 146 valence electrons. The summed E-state index contributed by atoms with van der Waals surface area (Å²) in [5.41, 5.74) is 1.13. The number of hydrogen-bond acceptors (Lipinski definition) is 6. The van der Waals surface area contributed by atoms with Crippen molar-refractivity contribution in [1.82, 2.24) is 9.78 Å². The number of halogens is 1. The Morgan fingerprint density at radius 3 is 2.32 bits per heavy atom. The van der Waals surface area contributed by atoms with Crippen LogP contribution in [0.3, 0.4) is 0 Å². The highest BCUT2D eigenvalue weighted by molar-refractivity contribution is 14.2. The zero-order valence-electron chi connectivity index (χ0n) is 15.0. The van der Waals surface area contributed by atoms with Crippen molar-refractivity contribution in [3.05, 3.63) is 39.6 Å². The molecule has 9 heteroatoms. The molecule has 1 N–H and O–H groups in total. The standard InChI is InChI=1S/C19H17IN2O6/c1-22-10-13(16(23)24)15(21-22)11-4-6-12(7-5-11)20-14-17(25)27-19(28-18(14)26)8-2-3-9-19/h4-7,10H,2-3,8-9H2,1H3,(H,23,24). The van der Waals surface area contributed by atoms with Crippen LogP contribution in [-0.4, -0.2) is 42.1 Å². The third-order valence-electron chi connectivity index (χ3n) is 4.66. The summed E-state index contributed by atoms with van der Waals surface area (Å²) in [5, 5.41) is 13.5. The number of carboxylic acid groups (broad SMARTS) is 1. The van der Waals surface area contributed by atoms with Gasteiger partial charge < -0.3 is 14.6 Å². The summed E-state index contributed by atoms with van der Waals surface area (Å²) in [6.45, 7) is 0. The van der Waals surface area contributed by atoms with E-state index in [9.17, 15) is 19.5 Å². The Kier molecular flexibility index (Phi) is 4.77. The van der Waals surface area contributed by atoms with Crippen molar-refractivity contribution in [2.24, 2.45) is 7.05 Å². The summed E-state index contributed by atoms with van der Waals surface area (Å²) >= 11 is -1.08. The molecule has 2 heterocycles. The van der Waals surface area contributed by atoms with E-state index in [1.165, 1.54) is 10.9 Å². The molecule has 1 saturated heterocycles. The van der Waals surface area contributed by atoms with Crippen LogP contribution in [0.2, 0.25) is 0 Å². The van der Waals surface area contributed by atoms with Gasteiger partial charge in [-0.05, 0) is 25.0 Å². The predicted octanol–water partition coefficient (Wildman–Crippen LogP) is 2.47.